The molecule has 2 N–H and O–H groups in total. The number of amides is 1. The van der Waals surface area contributed by atoms with Crippen molar-refractivity contribution >= 4 is 35.6 Å². The Balaban J connectivity index is 0.00000289. The molecule has 1 fully saturated rings. The van der Waals surface area contributed by atoms with Crippen molar-refractivity contribution in [2.75, 3.05) is 25.0 Å². The Morgan fingerprint density at radius 2 is 1.97 bits per heavy atom. The van der Waals surface area contributed by atoms with Gasteiger partial charge in [0.15, 0.2) is 0 Å². The van der Waals surface area contributed by atoms with E-state index in [4.69, 9.17) is 16.3 Å². The minimum atomic E-state index is -0.188. The molecule has 0 bridgehead atoms. The lowest BCUT2D eigenvalue weighted by atomic mass is 9.91. The summed E-state index contributed by atoms with van der Waals surface area (Å²) in [6.45, 7) is 6.26. The molecule has 1 aromatic heterocycles. The number of aromatic nitrogens is 2. The van der Waals surface area contributed by atoms with Gasteiger partial charge >= 0.3 is 0 Å². The monoisotopic (exact) mass is 474 g/mol. The van der Waals surface area contributed by atoms with Crippen molar-refractivity contribution in [3.63, 3.8) is 0 Å². The summed E-state index contributed by atoms with van der Waals surface area (Å²) >= 11 is 6.38. The number of hydrogen-bond donors (Lipinski definition) is 2. The molecule has 0 spiro atoms. The van der Waals surface area contributed by atoms with Crippen molar-refractivity contribution in [2.24, 2.45) is 0 Å². The lowest BCUT2D eigenvalue weighted by Gasteiger charge is -2.25. The van der Waals surface area contributed by atoms with Crippen LogP contribution in [-0.2, 0) is 0 Å². The molecule has 170 valence electrons. The first-order chi connectivity index (χ1) is 15.1. The van der Waals surface area contributed by atoms with Crippen LogP contribution < -0.4 is 15.4 Å². The quantitative estimate of drug-likeness (QED) is 0.503. The predicted octanol–water partition coefficient (Wildman–Crippen LogP) is 5.37. The van der Waals surface area contributed by atoms with E-state index in [9.17, 15) is 4.79 Å². The molecule has 2 aromatic carbocycles. The molecule has 4 rings (SSSR count). The molecule has 0 atom stereocenters. The topological polar surface area (TPSA) is 68.2 Å². The van der Waals surface area contributed by atoms with Gasteiger partial charge in [0.25, 0.3) is 5.91 Å². The predicted molar refractivity (Wildman–Crippen MR) is 131 cm³/mol. The van der Waals surface area contributed by atoms with Crippen LogP contribution in [0.1, 0.15) is 47.3 Å². The van der Waals surface area contributed by atoms with Gasteiger partial charge in [0.1, 0.15) is 5.75 Å². The summed E-state index contributed by atoms with van der Waals surface area (Å²) in [4.78, 5) is 13.4. The zero-order chi connectivity index (χ0) is 21.8. The molecule has 1 saturated heterocycles. The van der Waals surface area contributed by atoms with E-state index in [1.165, 1.54) is 0 Å². The second kappa shape index (κ2) is 10.9. The van der Waals surface area contributed by atoms with E-state index in [1.807, 2.05) is 61.0 Å². The van der Waals surface area contributed by atoms with Crippen molar-refractivity contribution in [3.8, 4) is 11.4 Å². The van der Waals surface area contributed by atoms with E-state index in [-0.39, 0.29) is 24.2 Å². The van der Waals surface area contributed by atoms with E-state index in [2.05, 4.69) is 15.7 Å². The average molecular weight is 475 g/mol. The van der Waals surface area contributed by atoms with Crippen LogP contribution in [-0.4, -0.2) is 35.4 Å². The minimum absolute atomic E-state index is 0. The van der Waals surface area contributed by atoms with Crippen molar-refractivity contribution in [1.29, 1.82) is 0 Å². The number of halogens is 2. The fraction of sp³-hybridized carbons (Fsp3) is 0.333. The molecule has 1 aliphatic heterocycles. The Hall–Kier alpha value is -2.54. The highest BCUT2D eigenvalue weighted by Crippen LogP contribution is 2.33. The van der Waals surface area contributed by atoms with Crippen molar-refractivity contribution < 1.29 is 9.53 Å². The zero-order valence-electron chi connectivity index (χ0n) is 18.2. The van der Waals surface area contributed by atoms with Crippen molar-refractivity contribution in [1.82, 2.24) is 15.1 Å². The number of rotatable bonds is 6. The zero-order valence-corrected chi connectivity index (χ0v) is 19.8. The Kier molecular flexibility index (Phi) is 8.18. The number of anilines is 1. The average Bonchev–Trinajstić information content (AvgIpc) is 3.23. The third-order valence-electron chi connectivity index (χ3n) is 5.68. The van der Waals surface area contributed by atoms with Crippen molar-refractivity contribution in [2.45, 2.75) is 32.6 Å². The molecular weight excluding hydrogens is 447 g/mol. The molecule has 0 aliphatic carbocycles. The second-order valence-electron chi connectivity index (χ2n) is 7.65. The van der Waals surface area contributed by atoms with Crippen LogP contribution in [0.3, 0.4) is 0 Å². The normalized spacial score (nSPS) is 14.0. The van der Waals surface area contributed by atoms with Gasteiger partial charge in [0.2, 0.25) is 0 Å². The first-order valence-electron chi connectivity index (χ1n) is 10.7. The number of carbonyl (C=O) groups excluding carboxylic acids is 1. The molecule has 2 heterocycles. The van der Waals surface area contributed by atoms with Gasteiger partial charge in [-0.05, 0) is 69.6 Å². The molecule has 32 heavy (non-hydrogen) atoms. The Bertz CT molecular complexity index is 1080. The number of nitrogens with zero attached hydrogens (tertiary/aromatic N) is 2. The maximum Gasteiger partial charge on any atom is 0.259 e. The molecule has 3 aromatic rings. The highest BCUT2D eigenvalue weighted by molar-refractivity contribution is 6.31. The minimum Gasteiger partial charge on any atom is -0.492 e. The van der Waals surface area contributed by atoms with Crippen LogP contribution in [0.15, 0.2) is 48.7 Å². The lowest BCUT2D eigenvalue weighted by molar-refractivity contribution is 0.102. The largest absolute Gasteiger partial charge is 0.492 e. The van der Waals surface area contributed by atoms with Crippen LogP contribution in [0.2, 0.25) is 5.02 Å². The van der Waals surface area contributed by atoms with Crippen molar-refractivity contribution in [3.05, 3.63) is 70.5 Å². The van der Waals surface area contributed by atoms with Crippen LogP contribution in [0.25, 0.3) is 5.69 Å². The maximum absolute atomic E-state index is 13.4. The fourth-order valence-electron chi connectivity index (χ4n) is 4.08. The highest BCUT2D eigenvalue weighted by Gasteiger charge is 2.28. The van der Waals surface area contributed by atoms with Gasteiger partial charge in [0.05, 0.1) is 35.4 Å². The highest BCUT2D eigenvalue weighted by atomic mass is 35.5. The smallest absolute Gasteiger partial charge is 0.259 e. The Morgan fingerprint density at radius 1 is 1.22 bits per heavy atom. The standard InChI is InChI=1S/C24H27ClN4O2.ClH/c1-3-31-22-10-5-4-8-20(22)28-24(30)18-15-27-29(21-9-6-7-19(25)16(21)2)23(18)17-11-13-26-14-12-17;/h4-10,15,17,26H,3,11-14H2,1-2H3,(H,28,30);1H. The number of hydrogen-bond acceptors (Lipinski definition) is 4. The van der Waals surface area contributed by atoms with Crippen LogP contribution >= 0.6 is 24.0 Å². The van der Waals surface area contributed by atoms with E-state index >= 15 is 0 Å². The maximum atomic E-state index is 13.4. The Labute approximate surface area is 199 Å². The number of benzene rings is 2. The van der Waals surface area contributed by atoms with Crippen LogP contribution in [0, 0.1) is 6.92 Å². The van der Waals surface area contributed by atoms with E-state index < -0.39 is 0 Å². The van der Waals surface area contributed by atoms with Crippen LogP contribution in [0.5, 0.6) is 5.75 Å². The Morgan fingerprint density at radius 3 is 2.72 bits per heavy atom. The third kappa shape index (κ3) is 4.93. The van der Waals surface area contributed by atoms with Gasteiger partial charge in [-0.15, -0.1) is 12.4 Å². The van der Waals surface area contributed by atoms with E-state index in [0.717, 1.165) is 42.9 Å². The lowest BCUT2D eigenvalue weighted by Crippen LogP contribution is -2.29. The number of ether oxygens (including phenoxy) is 1. The van der Waals surface area contributed by atoms with Gasteiger partial charge in [-0.25, -0.2) is 4.68 Å². The summed E-state index contributed by atoms with van der Waals surface area (Å²) in [5, 5.41) is 11.7. The molecule has 8 heteroatoms. The van der Waals surface area contributed by atoms with Gasteiger partial charge < -0.3 is 15.4 Å². The SMILES string of the molecule is CCOc1ccccc1NC(=O)c1cnn(-c2cccc(Cl)c2C)c1C1CCNCC1.Cl. The fourth-order valence-corrected chi connectivity index (χ4v) is 4.25. The number of carbonyl (C=O) groups is 1. The van der Waals surface area contributed by atoms with E-state index in [0.29, 0.717) is 28.6 Å². The number of para-hydroxylation sites is 2. The van der Waals surface area contributed by atoms with Gasteiger partial charge in [-0.3, -0.25) is 4.79 Å². The summed E-state index contributed by atoms with van der Waals surface area (Å²) in [6, 6.07) is 13.2. The summed E-state index contributed by atoms with van der Waals surface area (Å²) < 4.78 is 7.55. The molecular formula is C24H28Cl2N4O2. The molecule has 6 nitrogen and oxygen atoms in total. The summed E-state index contributed by atoms with van der Waals surface area (Å²) in [5.41, 5.74) is 4.00. The van der Waals surface area contributed by atoms with Gasteiger partial charge in [-0.2, -0.15) is 5.10 Å². The first-order valence-corrected chi connectivity index (χ1v) is 11.0. The summed E-state index contributed by atoms with van der Waals surface area (Å²) in [7, 11) is 0. The van der Waals surface area contributed by atoms with Crippen LogP contribution in [0.4, 0.5) is 5.69 Å². The number of nitrogens with one attached hydrogen (secondary N) is 2. The molecule has 1 amide bonds. The van der Waals surface area contributed by atoms with Gasteiger partial charge in [0, 0.05) is 10.9 Å². The van der Waals surface area contributed by atoms with Gasteiger partial charge in [-0.1, -0.05) is 29.8 Å². The third-order valence-corrected chi connectivity index (χ3v) is 6.09. The van der Waals surface area contributed by atoms with E-state index in [1.54, 1.807) is 6.20 Å². The number of piperidine rings is 1. The first kappa shape index (κ1) is 24.1. The molecule has 0 unspecified atom stereocenters. The molecule has 0 radical (unpaired) electrons. The summed E-state index contributed by atoms with van der Waals surface area (Å²) in [6.07, 6.45) is 3.55. The second-order valence-corrected chi connectivity index (χ2v) is 8.05. The molecule has 1 aliphatic rings. The summed E-state index contributed by atoms with van der Waals surface area (Å²) in [5.74, 6) is 0.691. The molecule has 0 saturated carbocycles.